The summed E-state index contributed by atoms with van der Waals surface area (Å²) in [7, 11) is 0. The lowest BCUT2D eigenvalue weighted by atomic mass is 10.2. The van der Waals surface area contributed by atoms with Gasteiger partial charge in [0.2, 0.25) is 5.91 Å². The number of pyridine rings is 1. The van der Waals surface area contributed by atoms with Gasteiger partial charge in [0.05, 0.1) is 16.5 Å². The second-order valence-electron chi connectivity index (χ2n) is 6.54. The minimum absolute atomic E-state index is 0.169. The zero-order chi connectivity index (χ0) is 20.9. The molecule has 6 nitrogen and oxygen atoms in total. The number of aromatic nitrogens is 4. The summed E-state index contributed by atoms with van der Waals surface area (Å²) in [6, 6.07) is 19.1. The maximum Gasteiger partial charge on any atom is 0.234 e. The Morgan fingerprint density at radius 3 is 2.67 bits per heavy atom. The molecule has 0 unspecified atom stereocenters. The second-order valence-corrected chi connectivity index (χ2v) is 7.89. The van der Waals surface area contributed by atoms with E-state index in [0.717, 1.165) is 16.8 Å². The van der Waals surface area contributed by atoms with Gasteiger partial charge in [-0.15, -0.1) is 10.2 Å². The van der Waals surface area contributed by atoms with Gasteiger partial charge in [-0.3, -0.25) is 14.3 Å². The highest BCUT2D eigenvalue weighted by Gasteiger charge is 2.17. The Balaban J connectivity index is 1.57. The third-order valence-corrected chi connectivity index (χ3v) is 5.54. The monoisotopic (exact) mass is 435 g/mol. The zero-order valence-corrected chi connectivity index (χ0v) is 17.7. The van der Waals surface area contributed by atoms with E-state index >= 15 is 0 Å². The van der Waals surface area contributed by atoms with Gasteiger partial charge in [-0.05, 0) is 48.9 Å². The molecule has 0 bridgehead atoms. The van der Waals surface area contributed by atoms with Crippen molar-refractivity contribution >= 4 is 35.0 Å². The molecule has 0 saturated carbocycles. The third kappa shape index (κ3) is 4.53. The molecule has 4 aromatic rings. The highest BCUT2D eigenvalue weighted by molar-refractivity contribution is 7.99. The number of nitrogens with zero attached hydrogens (tertiary/aromatic N) is 4. The first-order chi connectivity index (χ1) is 14.6. The first-order valence-corrected chi connectivity index (χ1v) is 10.6. The number of aryl methyl sites for hydroxylation is 1. The van der Waals surface area contributed by atoms with Crippen LogP contribution in [-0.4, -0.2) is 31.4 Å². The molecule has 0 aliphatic heterocycles. The number of hydrogen-bond donors (Lipinski definition) is 1. The van der Waals surface area contributed by atoms with Crippen molar-refractivity contribution < 1.29 is 4.79 Å². The summed E-state index contributed by atoms with van der Waals surface area (Å²) in [5.41, 5.74) is 3.38. The molecule has 2 heterocycles. The number of anilines is 1. The minimum atomic E-state index is -0.170. The summed E-state index contributed by atoms with van der Waals surface area (Å²) in [6.45, 7) is 1.95. The lowest BCUT2D eigenvalue weighted by Gasteiger charge is -2.11. The van der Waals surface area contributed by atoms with Crippen molar-refractivity contribution in [2.24, 2.45) is 0 Å². The summed E-state index contributed by atoms with van der Waals surface area (Å²) >= 11 is 7.52. The molecule has 0 saturated heterocycles. The number of carbonyl (C=O) groups excluding carboxylic acids is 1. The van der Waals surface area contributed by atoms with Gasteiger partial charge in [-0.25, -0.2) is 0 Å². The SMILES string of the molecule is Cc1ccc(NC(=O)CSc2nnc(-c3cccnc3)n2-c2ccccc2)c(Cl)c1. The molecule has 2 aromatic heterocycles. The normalized spacial score (nSPS) is 10.7. The van der Waals surface area contributed by atoms with Crippen LogP contribution in [0, 0.1) is 6.92 Å². The Bertz CT molecular complexity index is 1160. The molecular weight excluding hydrogens is 418 g/mol. The summed E-state index contributed by atoms with van der Waals surface area (Å²) in [4.78, 5) is 16.7. The molecule has 30 heavy (non-hydrogen) atoms. The van der Waals surface area contributed by atoms with Crippen molar-refractivity contribution in [2.75, 3.05) is 11.1 Å². The molecule has 0 spiro atoms. The lowest BCUT2D eigenvalue weighted by molar-refractivity contribution is -0.113. The first kappa shape index (κ1) is 20.1. The van der Waals surface area contributed by atoms with Crippen LogP contribution in [0.4, 0.5) is 5.69 Å². The molecule has 8 heteroatoms. The van der Waals surface area contributed by atoms with Gasteiger partial charge >= 0.3 is 0 Å². The highest BCUT2D eigenvalue weighted by Crippen LogP contribution is 2.28. The van der Waals surface area contributed by atoms with Crippen LogP contribution in [0.25, 0.3) is 17.1 Å². The van der Waals surface area contributed by atoms with Crippen molar-refractivity contribution in [1.29, 1.82) is 0 Å². The highest BCUT2D eigenvalue weighted by atomic mass is 35.5. The molecule has 0 radical (unpaired) electrons. The molecule has 1 amide bonds. The second kappa shape index (κ2) is 9.11. The van der Waals surface area contributed by atoms with Crippen LogP contribution >= 0.6 is 23.4 Å². The molecule has 4 rings (SSSR count). The van der Waals surface area contributed by atoms with E-state index in [-0.39, 0.29) is 11.7 Å². The van der Waals surface area contributed by atoms with Gasteiger partial charge in [0.25, 0.3) is 0 Å². The van der Waals surface area contributed by atoms with Crippen molar-refractivity contribution in [3.05, 3.63) is 83.6 Å². The summed E-state index contributed by atoms with van der Waals surface area (Å²) in [5, 5.41) is 12.6. The Morgan fingerprint density at radius 1 is 1.10 bits per heavy atom. The molecule has 0 aliphatic rings. The fraction of sp³-hybridized carbons (Fsp3) is 0.0909. The van der Waals surface area contributed by atoms with E-state index in [2.05, 4.69) is 20.5 Å². The standard InChI is InChI=1S/C22H18ClN5OS/c1-15-9-10-19(18(23)12-15)25-20(29)14-30-22-27-26-21(16-6-5-11-24-13-16)28(22)17-7-3-2-4-8-17/h2-13H,14H2,1H3,(H,25,29). The van der Waals surface area contributed by atoms with Crippen molar-refractivity contribution in [2.45, 2.75) is 12.1 Å². The Hall–Kier alpha value is -3.16. The summed E-state index contributed by atoms with van der Waals surface area (Å²) < 4.78 is 1.92. The number of thioether (sulfide) groups is 1. The van der Waals surface area contributed by atoms with E-state index in [0.29, 0.717) is 21.7 Å². The van der Waals surface area contributed by atoms with Gasteiger partial charge in [0, 0.05) is 23.6 Å². The topological polar surface area (TPSA) is 72.7 Å². The maximum absolute atomic E-state index is 12.5. The third-order valence-electron chi connectivity index (χ3n) is 4.30. The maximum atomic E-state index is 12.5. The van der Waals surface area contributed by atoms with Crippen LogP contribution in [0.3, 0.4) is 0 Å². The number of rotatable bonds is 6. The van der Waals surface area contributed by atoms with E-state index in [9.17, 15) is 4.79 Å². The average molecular weight is 436 g/mol. The van der Waals surface area contributed by atoms with E-state index < -0.39 is 0 Å². The Kier molecular flexibility index (Phi) is 6.11. The van der Waals surface area contributed by atoms with Crippen LogP contribution in [0.2, 0.25) is 5.02 Å². The van der Waals surface area contributed by atoms with E-state index in [4.69, 9.17) is 11.6 Å². The van der Waals surface area contributed by atoms with Crippen LogP contribution in [0.5, 0.6) is 0 Å². The fourth-order valence-electron chi connectivity index (χ4n) is 2.89. The molecular formula is C22H18ClN5OS. The van der Waals surface area contributed by atoms with Crippen LogP contribution in [0.1, 0.15) is 5.56 Å². The summed E-state index contributed by atoms with van der Waals surface area (Å²) in [6.07, 6.45) is 3.45. The number of amides is 1. The molecule has 1 N–H and O–H groups in total. The predicted molar refractivity (Wildman–Crippen MR) is 120 cm³/mol. The zero-order valence-electron chi connectivity index (χ0n) is 16.1. The van der Waals surface area contributed by atoms with Gasteiger partial charge in [0.15, 0.2) is 11.0 Å². The van der Waals surface area contributed by atoms with E-state index in [1.807, 2.05) is 66.1 Å². The molecule has 150 valence electrons. The summed E-state index contributed by atoms with van der Waals surface area (Å²) in [5.74, 6) is 0.664. The minimum Gasteiger partial charge on any atom is -0.324 e. The molecule has 0 aliphatic carbocycles. The van der Waals surface area contributed by atoms with Gasteiger partial charge in [0.1, 0.15) is 0 Å². The van der Waals surface area contributed by atoms with Crippen molar-refractivity contribution in [3.8, 4) is 17.1 Å². The van der Waals surface area contributed by atoms with E-state index in [1.165, 1.54) is 11.8 Å². The largest absolute Gasteiger partial charge is 0.324 e. The first-order valence-electron chi connectivity index (χ1n) is 9.22. The number of carbonyl (C=O) groups is 1. The van der Waals surface area contributed by atoms with Crippen LogP contribution in [-0.2, 0) is 4.79 Å². The lowest BCUT2D eigenvalue weighted by Crippen LogP contribution is -2.15. The van der Waals surface area contributed by atoms with E-state index in [1.54, 1.807) is 18.5 Å². The Labute approximate surface area is 183 Å². The van der Waals surface area contributed by atoms with Crippen LogP contribution < -0.4 is 5.32 Å². The van der Waals surface area contributed by atoms with Crippen molar-refractivity contribution in [3.63, 3.8) is 0 Å². The predicted octanol–water partition coefficient (Wildman–Crippen LogP) is 5.02. The smallest absolute Gasteiger partial charge is 0.234 e. The fourth-order valence-corrected chi connectivity index (χ4v) is 3.93. The number of hydrogen-bond acceptors (Lipinski definition) is 5. The van der Waals surface area contributed by atoms with Crippen LogP contribution in [0.15, 0.2) is 78.2 Å². The van der Waals surface area contributed by atoms with Gasteiger partial charge in [-0.2, -0.15) is 0 Å². The quantitative estimate of drug-likeness (QED) is 0.430. The number of benzene rings is 2. The number of para-hydroxylation sites is 1. The number of halogens is 1. The number of nitrogens with one attached hydrogen (secondary N) is 1. The molecule has 0 fully saturated rings. The van der Waals surface area contributed by atoms with Crippen molar-refractivity contribution in [1.82, 2.24) is 19.7 Å². The van der Waals surface area contributed by atoms with Gasteiger partial charge in [-0.1, -0.05) is 47.6 Å². The molecule has 0 atom stereocenters. The molecule has 2 aromatic carbocycles. The van der Waals surface area contributed by atoms with Gasteiger partial charge < -0.3 is 5.32 Å². The Morgan fingerprint density at radius 2 is 1.93 bits per heavy atom. The average Bonchev–Trinajstić information content (AvgIpc) is 3.19.